The fraction of sp³-hybridized carbons (Fsp3) is 0.0152. The first-order valence-electron chi connectivity index (χ1n) is 48.0. The zero-order valence-corrected chi connectivity index (χ0v) is 78.7. The number of para-hydroxylation sites is 9. The maximum atomic E-state index is 6.87. The molecule has 2 unspecified atom stereocenters. The molecule has 141 heavy (non-hydrogen) atoms. The number of hydrogen-bond acceptors (Lipinski definition) is 7. The highest BCUT2D eigenvalue weighted by Crippen LogP contribution is 2.66. The predicted octanol–water partition coefficient (Wildman–Crippen LogP) is 38.4. The van der Waals surface area contributed by atoms with Gasteiger partial charge in [-0.2, -0.15) is 0 Å². The van der Waals surface area contributed by atoms with Gasteiger partial charge in [-0.3, -0.25) is 0 Å². The molecule has 0 spiro atoms. The van der Waals surface area contributed by atoms with Crippen molar-refractivity contribution in [3.8, 4) is 112 Å². The van der Waals surface area contributed by atoms with E-state index in [0.717, 1.165) is 110 Å². The summed E-state index contributed by atoms with van der Waals surface area (Å²) in [5.74, 6) is 0. The molecule has 30 rings (SSSR count). The second kappa shape index (κ2) is 33.8. The normalized spacial score (nSPS) is 13.3. The smallest absolute Gasteiger partial charge is 0.143 e. The second-order valence-electron chi connectivity index (χ2n) is 36.5. The van der Waals surface area contributed by atoms with Crippen molar-refractivity contribution in [2.24, 2.45) is 0 Å². The zero-order chi connectivity index (χ0) is 92.7. The molecule has 0 aliphatic carbocycles. The molecule has 21 aromatic carbocycles. The minimum Gasteiger partial charge on any atom is -0.456 e. The largest absolute Gasteiger partial charge is 0.456 e. The van der Waals surface area contributed by atoms with Crippen molar-refractivity contribution >= 4 is 174 Å². The van der Waals surface area contributed by atoms with Crippen LogP contribution in [-0.4, -0.2) is 9.13 Å². The molecule has 0 fully saturated rings. The fourth-order valence-electron chi connectivity index (χ4n) is 22.5. The van der Waals surface area contributed by atoms with Crippen LogP contribution < -0.4 is 4.90 Å². The van der Waals surface area contributed by atoms with E-state index >= 15 is 0 Å². The van der Waals surface area contributed by atoms with E-state index in [4.69, 9.17) is 13.3 Å². The van der Waals surface area contributed by atoms with Crippen molar-refractivity contribution in [3.05, 3.63) is 503 Å². The molecule has 662 valence electrons. The summed E-state index contributed by atoms with van der Waals surface area (Å²) in [6.07, 6.45) is 0. The molecule has 0 bridgehead atoms. The molecule has 0 saturated carbocycles. The van der Waals surface area contributed by atoms with Crippen LogP contribution in [-0.2, 0) is 0 Å². The number of thiophene rings is 2. The predicted molar refractivity (Wildman–Crippen MR) is 596 cm³/mol. The average Bonchev–Trinajstić information content (AvgIpc) is 1.56. The summed E-state index contributed by atoms with van der Waals surface area (Å²) in [4.78, 5) is 3.93. The number of fused-ring (bicyclic) bond motifs is 24. The molecule has 6 nitrogen and oxygen atoms in total. The van der Waals surface area contributed by atoms with E-state index in [9.17, 15) is 0 Å². The van der Waals surface area contributed by atoms with Crippen molar-refractivity contribution in [2.45, 2.75) is 16.2 Å². The van der Waals surface area contributed by atoms with Gasteiger partial charge in [-0.15, -0.1) is 34.4 Å². The van der Waals surface area contributed by atoms with E-state index in [-0.39, 0.29) is 6.04 Å². The number of rotatable bonds is 12. The highest BCUT2D eigenvalue weighted by atomic mass is 32.2. The lowest BCUT2D eigenvalue weighted by atomic mass is 9.88. The van der Waals surface area contributed by atoms with Gasteiger partial charge in [0.1, 0.15) is 33.5 Å². The molecule has 0 amide bonds. The SMILES string of the molecule is c1ccc(-c2ccc3c(c2)oc2cc(-c4ccccc4-c4cccc5c4C4C(S5)c5ccccc5N4c4ccccc4)ccc23)cc1.c1ccc(-c2ccc3oc4c(-c5ccccc5-c5cccc6sc7c8ccccc8n(-c8ccccc8)c7c56)cccc4c3c2)cc1.c1ccc(-c2cccc3c2oc2c(-c4ccccc4-c4cccc5sc6c7ccccc7n(-c7ccccc7)c6c45)cccc23)cc1. The van der Waals surface area contributed by atoms with E-state index in [0.29, 0.717) is 5.25 Å². The standard InChI is InChI=1S/2C44H27NOS.C44H29NOS/c1-3-14-28(15-4-1)30-21-11-24-35-36-25-12-23-34(43(36)46-42(30)35)32-19-8-7-18-31(32)33-22-13-27-39-40(33)41-44(47-39)37-20-9-10-26-38(37)45(41)29-16-5-2-6-17-29;1-3-13-28(14-4-1)29-25-26-39-37(27-29)35-22-11-21-34(43(35)46-39)32-18-8-7-17-31(32)33-20-12-24-40-41(33)42-44(47-40)36-19-9-10-23-38(36)45(42)30-15-5-2-6-16-30;1-3-12-28(13-4-1)29-22-24-34-35-25-23-30(27-40(35)46-39(34)26-29)32-16-7-8-17-33(32)36-19-11-21-41-42(36)43-44(47-41)37-18-9-10-20-38(37)45(43)31-14-5-2-6-15-31/h2*1-27H;1-27,43-44H. The van der Waals surface area contributed by atoms with Gasteiger partial charge in [0.15, 0.2) is 0 Å². The Bertz CT molecular complexity index is 9800. The van der Waals surface area contributed by atoms with Crippen LogP contribution in [0, 0.1) is 0 Å². The molecule has 2 atom stereocenters. The van der Waals surface area contributed by atoms with Crippen LogP contribution in [0.3, 0.4) is 0 Å². The van der Waals surface area contributed by atoms with Crippen molar-refractivity contribution in [1.29, 1.82) is 0 Å². The number of anilines is 2. The van der Waals surface area contributed by atoms with E-state index in [1.807, 2.05) is 34.4 Å². The molecule has 0 N–H and O–H groups in total. The van der Waals surface area contributed by atoms with Gasteiger partial charge in [0.05, 0.1) is 42.8 Å². The summed E-state index contributed by atoms with van der Waals surface area (Å²) in [7, 11) is 0. The maximum absolute atomic E-state index is 6.87. The maximum Gasteiger partial charge on any atom is 0.143 e. The topological polar surface area (TPSA) is 52.5 Å². The Morgan fingerprint density at radius 2 is 0.603 bits per heavy atom. The first-order valence-corrected chi connectivity index (χ1v) is 50.6. The van der Waals surface area contributed by atoms with Crippen LogP contribution in [0.1, 0.15) is 22.4 Å². The molecule has 9 heterocycles. The Balaban J connectivity index is 0.000000104. The van der Waals surface area contributed by atoms with Gasteiger partial charge < -0.3 is 27.3 Å². The summed E-state index contributed by atoms with van der Waals surface area (Å²) >= 11 is 5.77. The minimum atomic E-state index is 0.204. The van der Waals surface area contributed by atoms with Gasteiger partial charge in [0.2, 0.25) is 0 Å². The van der Waals surface area contributed by atoms with Crippen LogP contribution in [0.4, 0.5) is 11.4 Å². The van der Waals surface area contributed by atoms with Gasteiger partial charge in [-0.1, -0.05) is 382 Å². The Morgan fingerprint density at radius 3 is 1.16 bits per heavy atom. The van der Waals surface area contributed by atoms with Crippen LogP contribution in [0.25, 0.3) is 240 Å². The average molecular weight is 1860 g/mol. The summed E-state index contributed by atoms with van der Waals surface area (Å²) in [6.45, 7) is 0. The Labute approximate surface area is 825 Å². The number of thioether (sulfide) groups is 1. The van der Waals surface area contributed by atoms with E-state index < -0.39 is 0 Å². The summed E-state index contributed by atoms with van der Waals surface area (Å²) in [6, 6.07) is 177. The quantitative estimate of drug-likeness (QED) is 0.122. The molecule has 0 radical (unpaired) electrons. The first kappa shape index (κ1) is 82.0. The number of benzene rings is 21. The Hall–Kier alpha value is -17.3. The lowest BCUT2D eigenvalue weighted by Crippen LogP contribution is -2.19. The highest BCUT2D eigenvalue weighted by Gasteiger charge is 2.47. The van der Waals surface area contributed by atoms with Gasteiger partial charge >= 0.3 is 0 Å². The zero-order valence-electron chi connectivity index (χ0n) is 76.2. The molecule has 9 heteroatoms. The third kappa shape index (κ3) is 13.5. The third-order valence-electron chi connectivity index (χ3n) is 28.7. The molecule has 0 saturated heterocycles. The first-order chi connectivity index (χ1) is 70.0. The summed E-state index contributed by atoms with van der Waals surface area (Å²) in [5.41, 5.74) is 39.4. The second-order valence-corrected chi connectivity index (χ2v) is 39.8. The Morgan fingerprint density at radius 1 is 0.220 bits per heavy atom. The van der Waals surface area contributed by atoms with Crippen molar-refractivity contribution < 1.29 is 13.3 Å². The van der Waals surface area contributed by atoms with Crippen LogP contribution >= 0.6 is 34.4 Å². The summed E-state index contributed by atoms with van der Waals surface area (Å²) in [5, 5.41) is 12.3. The lowest BCUT2D eigenvalue weighted by Gasteiger charge is -2.29. The third-order valence-corrected chi connectivity index (χ3v) is 32.4. The van der Waals surface area contributed by atoms with Crippen molar-refractivity contribution in [2.75, 3.05) is 4.90 Å². The van der Waals surface area contributed by atoms with E-state index in [2.05, 4.69) is 505 Å². The van der Waals surface area contributed by atoms with Crippen LogP contribution in [0.5, 0.6) is 0 Å². The number of furan rings is 3. The number of nitrogens with zero attached hydrogens (tertiary/aromatic N) is 3. The minimum absolute atomic E-state index is 0.204. The monoisotopic (exact) mass is 1850 g/mol. The fourth-order valence-corrected chi connectivity index (χ4v) is 26.5. The molecule has 7 aromatic heterocycles. The lowest BCUT2D eigenvalue weighted by molar-refractivity contribution is 0.669. The molecule has 2 aliphatic heterocycles. The molecular weight excluding hydrogens is 1770 g/mol. The number of aromatic nitrogens is 2. The Kier molecular flexibility index (Phi) is 19.7. The summed E-state index contributed by atoms with van der Waals surface area (Å²) < 4.78 is 30.2. The van der Waals surface area contributed by atoms with E-state index in [1.165, 1.54) is 157 Å². The van der Waals surface area contributed by atoms with Crippen molar-refractivity contribution in [3.63, 3.8) is 0 Å². The van der Waals surface area contributed by atoms with Gasteiger partial charge in [-0.05, 0) is 204 Å². The molecule has 2 aliphatic rings. The van der Waals surface area contributed by atoms with Gasteiger partial charge in [-0.25, -0.2) is 0 Å². The van der Waals surface area contributed by atoms with Crippen LogP contribution in [0.15, 0.2) is 510 Å². The van der Waals surface area contributed by atoms with E-state index in [1.54, 1.807) is 0 Å². The number of hydrogen-bond donors (Lipinski definition) is 0. The molecular formula is C132H83N3O3S3. The van der Waals surface area contributed by atoms with Gasteiger partial charge in [0, 0.05) is 108 Å². The highest BCUT2D eigenvalue weighted by molar-refractivity contribution is 8.00. The van der Waals surface area contributed by atoms with Gasteiger partial charge in [0.25, 0.3) is 0 Å². The molecule has 28 aromatic rings. The van der Waals surface area contributed by atoms with Crippen molar-refractivity contribution in [1.82, 2.24) is 9.13 Å². The van der Waals surface area contributed by atoms with Crippen LogP contribution in [0.2, 0.25) is 0 Å².